The van der Waals surface area contributed by atoms with Crippen molar-refractivity contribution < 1.29 is 4.79 Å². The molecule has 3 fully saturated rings. The quantitative estimate of drug-likeness (QED) is 0.617. The Morgan fingerprint density at radius 2 is 1.68 bits per heavy atom. The van der Waals surface area contributed by atoms with Crippen molar-refractivity contribution >= 4 is 23.2 Å². The zero-order valence-electron chi connectivity index (χ0n) is 23.0. The number of likely N-dealkylation sites (tertiary alicyclic amines) is 1. The minimum atomic E-state index is -0.197. The number of piperazine rings is 1. The second-order valence-corrected chi connectivity index (χ2v) is 12.3. The van der Waals surface area contributed by atoms with Crippen LogP contribution in [0.3, 0.4) is 0 Å². The van der Waals surface area contributed by atoms with Crippen LogP contribution in [0, 0.1) is 5.41 Å². The molecular weight excluding hydrogens is 462 g/mol. The number of piperidine rings is 2. The van der Waals surface area contributed by atoms with E-state index in [1.165, 1.54) is 31.5 Å². The van der Waals surface area contributed by atoms with Gasteiger partial charge in [-0.2, -0.15) is 0 Å². The molecule has 0 atom stereocenters. The number of anilines is 3. The lowest BCUT2D eigenvalue weighted by Gasteiger charge is -2.48. The van der Waals surface area contributed by atoms with Crippen LogP contribution in [0.15, 0.2) is 36.7 Å². The Hall–Kier alpha value is -2.87. The zero-order chi connectivity index (χ0) is 26.0. The number of carbonyl (C=O) groups is 1. The minimum Gasteiger partial charge on any atom is -0.368 e. The number of amides is 1. The van der Waals surface area contributed by atoms with Crippen LogP contribution in [0.2, 0.25) is 0 Å². The molecular formula is C29H43N7O. The minimum absolute atomic E-state index is 0.116. The van der Waals surface area contributed by atoms with E-state index < -0.39 is 0 Å². The van der Waals surface area contributed by atoms with E-state index in [1.807, 2.05) is 6.07 Å². The van der Waals surface area contributed by atoms with Gasteiger partial charge in [0, 0.05) is 44.0 Å². The number of rotatable bonds is 6. The average Bonchev–Trinajstić information content (AvgIpc) is 2.86. The van der Waals surface area contributed by atoms with Crippen molar-refractivity contribution in [3.8, 4) is 0 Å². The van der Waals surface area contributed by atoms with Gasteiger partial charge in [-0.1, -0.05) is 26.0 Å². The summed E-state index contributed by atoms with van der Waals surface area (Å²) in [6.07, 6.45) is 5.96. The van der Waals surface area contributed by atoms with E-state index in [-0.39, 0.29) is 11.4 Å². The third-order valence-electron chi connectivity index (χ3n) is 8.28. The summed E-state index contributed by atoms with van der Waals surface area (Å²) in [5, 5.41) is 6.71. The molecule has 0 radical (unpaired) electrons. The summed E-state index contributed by atoms with van der Waals surface area (Å²) in [4.78, 5) is 28.8. The maximum atomic E-state index is 12.8. The van der Waals surface area contributed by atoms with Crippen LogP contribution < -0.4 is 20.4 Å². The number of hydrogen-bond donors (Lipinski definition) is 2. The molecule has 8 nitrogen and oxygen atoms in total. The number of benzene rings is 1. The topological polar surface area (TPSA) is 76.6 Å². The normalized spacial score (nSPS) is 21.8. The van der Waals surface area contributed by atoms with Crippen LogP contribution in [0.5, 0.6) is 0 Å². The van der Waals surface area contributed by atoms with Crippen molar-refractivity contribution in [3.63, 3.8) is 0 Å². The third-order valence-corrected chi connectivity index (χ3v) is 8.28. The number of carbonyl (C=O) groups excluding carboxylic acids is 1. The molecule has 4 heterocycles. The van der Waals surface area contributed by atoms with Gasteiger partial charge in [0.05, 0.1) is 12.1 Å². The number of nitrogens with zero attached hydrogens (tertiary/aromatic N) is 5. The van der Waals surface area contributed by atoms with Crippen LogP contribution in [-0.2, 0) is 11.3 Å². The highest BCUT2D eigenvalue weighted by atomic mass is 16.2. The smallest absolute Gasteiger partial charge is 0.240 e. The van der Waals surface area contributed by atoms with Gasteiger partial charge < -0.3 is 20.4 Å². The summed E-state index contributed by atoms with van der Waals surface area (Å²) in [6, 6.07) is 11.2. The predicted molar refractivity (Wildman–Crippen MR) is 150 cm³/mol. The molecule has 5 rings (SSSR count). The number of hydrogen-bond acceptors (Lipinski definition) is 7. The van der Waals surface area contributed by atoms with Gasteiger partial charge >= 0.3 is 0 Å². The van der Waals surface area contributed by atoms with Crippen LogP contribution >= 0.6 is 0 Å². The molecule has 1 aromatic carbocycles. The molecule has 0 aliphatic carbocycles. The Kier molecular flexibility index (Phi) is 7.30. The fourth-order valence-electron chi connectivity index (χ4n) is 5.88. The van der Waals surface area contributed by atoms with Crippen LogP contribution in [0.1, 0.15) is 58.9 Å². The van der Waals surface area contributed by atoms with E-state index in [4.69, 9.17) is 0 Å². The summed E-state index contributed by atoms with van der Waals surface area (Å²) in [6.45, 7) is 15.3. The largest absolute Gasteiger partial charge is 0.368 e. The average molecular weight is 506 g/mol. The van der Waals surface area contributed by atoms with Gasteiger partial charge in [-0.05, 0) is 75.7 Å². The standard InChI is InChI=1S/C29H43N7O/c1-22(2)32-25-17-26(31-21-30-25)35-15-11-29(12-16-35)20-36(19-27(37)33-29)24-7-5-23(6-8-24)18-34-13-9-28(3,4)10-14-34/h5-8,17,21-22H,9-16,18-20H2,1-4H3,(H,33,37)(H,30,31,32). The van der Waals surface area contributed by atoms with Gasteiger partial charge in [0.25, 0.3) is 0 Å². The molecule has 200 valence electrons. The molecule has 0 bridgehead atoms. The fourth-order valence-corrected chi connectivity index (χ4v) is 5.88. The molecule has 0 saturated carbocycles. The van der Waals surface area contributed by atoms with Crippen molar-refractivity contribution in [1.82, 2.24) is 20.2 Å². The SMILES string of the molecule is CC(C)Nc1cc(N2CCC3(CC2)CN(c2ccc(CN4CCC(C)(C)CC4)cc2)CC(=O)N3)ncn1. The Bertz CT molecular complexity index is 1070. The van der Waals surface area contributed by atoms with Gasteiger partial charge in [-0.15, -0.1) is 0 Å². The van der Waals surface area contributed by atoms with Gasteiger partial charge in [0.15, 0.2) is 0 Å². The third kappa shape index (κ3) is 6.35. The van der Waals surface area contributed by atoms with Crippen molar-refractivity contribution in [3.05, 3.63) is 42.2 Å². The molecule has 3 aliphatic heterocycles. The molecule has 37 heavy (non-hydrogen) atoms. The Labute approximate surface area is 221 Å². The molecule has 2 N–H and O–H groups in total. The predicted octanol–water partition coefficient (Wildman–Crippen LogP) is 3.89. The van der Waals surface area contributed by atoms with E-state index in [0.29, 0.717) is 18.0 Å². The second-order valence-electron chi connectivity index (χ2n) is 12.3. The molecule has 1 amide bonds. The highest BCUT2D eigenvalue weighted by Crippen LogP contribution is 2.32. The van der Waals surface area contributed by atoms with Crippen LogP contribution in [0.4, 0.5) is 17.3 Å². The van der Waals surface area contributed by atoms with Crippen molar-refractivity contribution in [2.75, 3.05) is 54.4 Å². The monoisotopic (exact) mass is 505 g/mol. The summed E-state index contributed by atoms with van der Waals surface area (Å²) in [7, 11) is 0. The van der Waals surface area contributed by atoms with Gasteiger partial charge in [0.2, 0.25) is 5.91 Å². The highest BCUT2D eigenvalue weighted by Gasteiger charge is 2.41. The first-order valence-corrected chi connectivity index (χ1v) is 13.9. The fraction of sp³-hybridized carbons (Fsp3) is 0.621. The van der Waals surface area contributed by atoms with E-state index in [1.54, 1.807) is 6.33 Å². The molecule has 1 aromatic heterocycles. The molecule has 3 saturated heterocycles. The Balaban J connectivity index is 1.19. The van der Waals surface area contributed by atoms with Crippen LogP contribution in [-0.4, -0.2) is 71.6 Å². The lowest BCUT2D eigenvalue weighted by molar-refractivity contribution is -0.123. The molecule has 1 spiro atoms. The number of aromatic nitrogens is 2. The lowest BCUT2D eigenvalue weighted by Crippen LogP contribution is -2.66. The first kappa shape index (κ1) is 25.8. The van der Waals surface area contributed by atoms with E-state index in [2.05, 4.69) is 87.3 Å². The summed E-state index contributed by atoms with van der Waals surface area (Å²) in [5.41, 5.74) is 2.77. The first-order valence-electron chi connectivity index (χ1n) is 13.9. The maximum absolute atomic E-state index is 12.8. The van der Waals surface area contributed by atoms with E-state index >= 15 is 0 Å². The summed E-state index contributed by atoms with van der Waals surface area (Å²) in [5.74, 6) is 1.91. The zero-order valence-corrected chi connectivity index (χ0v) is 23.0. The van der Waals surface area contributed by atoms with Crippen molar-refractivity contribution in [2.24, 2.45) is 5.41 Å². The molecule has 3 aliphatic rings. The van der Waals surface area contributed by atoms with Gasteiger partial charge in [-0.3, -0.25) is 9.69 Å². The number of nitrogens with one attached hydrogen (secondary N) is 2. The van der Waals surface area contributed by atoms with E-state index in [0.717, 1.165) is 56.3 Å². The lowest BCUT2D eigenvalue weighted by atomic mass is 9.82. The maximum Gasteiger partial charge on any atom is 0.240 e. The molecule has 0 unspecified atom stereocenters. The van der Waals surface area contributed by atoms with Crippen LogP contribution in [0.25, 0.3) is 0 Å². The highest BCUT2D eigenvalue weighted by molar-refractivity contribution is 5.84. The van der Waals surface area contributed by atoms with Crippen molar-refractivity contribution in [1.29, 1.82) is 0 Å². The first-order chi connectivity index (χ1) is 17.7. The molecule has 2 aromatic rings. The van der Waals surface area contributed by atoms with E-state index in [9.17, 15) is 4.79 Å². The molecule has 8 heteroatoms. The Morgan fingerprint density at radius 1 is 0.973 bits per heavy atom. The van der Waals surface area contributed by atoms with Crippen molar-refractivity contribution in [2.45, 2.75) is 71.5 Å². The van der Waals surface area contributed by atoms with Gasteiger partial charge in [-0.25, -0.2) is 9.97 Å². The Morgan fingerprint density at radius 3 is 2.35 bits per heavy atom. The summed E-state index contributed by atoms with van der Waals surface area (Å²) < 4.78 is 0. The second kappa shape index (κ2) is 10.5. The summed E-state index contributed by atoms with van der Waals surface area (Å²) >= 11 is 0. The van der Waals surface area contributed by atoms with Gasteiger partial charge in [0.1, 0.15) is 18.0 Å².